The Labute approximate surface area is 150 Å². The molecule has 0 saturated heterocycles. The van der Waals surface area contributed by atoms with Gasteiger partial charge < -0.3 is 24.8 Å². The van der Waals surface area contributed by atoms with Crippen LogP contribution in [0.15, 0.2) is 34.9 Å². The molecule has 0 heterocycles. The largest absolute Gasteiger partial charge is 4.00 e. The van der Waals surface area contributed by atoms with Gasteiger partial charge in [-0.1, -0.05) is 39.5 Å². The molecule has 0 atom stereocenters. The first-order valence-corrected chi connectivity index (χ1v) is 6.24. The normalized spacial score (nSPS) is 14.8. The molecule has 0 aliphatic heterocycles. The van der Waals surface area contributed by atoms with Crippen LogP contribution in [0.4, 0.5) is 0 Å². The van der Waals surface area contributed by atoms with Crippen LogP contribution in [0.5, 0.6) is 0 Å². The number of halogens is 2. The van der Waals surface area contributed by atoms with Gasteiger partial charge in [-0.05, 0) is 0 Å². The Morgan fingerprint density at radius 1 is 1.21 bits per heavy atom. The summed E-state index contributed by atoms with van der Waals surface area (Å²) in [6.45, 7) is 6.50. The Morgan fingerprint density at radius 2 is 1.89 bits per heavy atom. The maximum absolute atomic E-state index is 3.30. The van der Waals surface area contributed by atoms with Gasteiger partial charge in [0, 0.05) is 0 Å². The summed E-state index contributed by atoms with van der Waals surface area (Å²) in [6.07, 6.45) is 18.7. The molecule has 2 rings (SSSR count). The third-order valence-electron chi connectivity index (χ3n) is 2.85. The molecule has 0 aromatic rings. The molecule has 0 nitrogen and oxygen atoms in total. The van der Waals surface area contributed by atoms with Crippen LogP contribution in [0.2, 0.25) is 0 Å². The van der Waals surface area contributed by atoms with Crippen LogP contribution in [-0.2, 0) is 26.2 Å². The van der Waals surface area contributed by atoms with E-state index in [4.69, 9.17) is 0 Å². The molecule has 19 heavy (non-hydrogen) atoms. The van der Waals surface area contributed by atoms with Crippen molar-refractivity contribution in [2.24, 2.45) is 0 Å². The zero-order chi connectivity index (χ0) is 11.8. The summed E-state index contributed by atoms with van der Waals surface area (Å²) < 4.78 is 0. The molecule has 0 amide bonds. The summed E-state index contributed by atoms with van der Waals surface area (Å²) in [5.41, 5.74) is 4.25. The summed E-state index contributed by atoms with van der Waals surface area (Å²) in [7, 11) is 0. The zero-order valence-electron chi connectivity index (χ0n) is 12.0. The van der Waals surface area contributed by atoms with Crippen LogP contribution in [0.3, 0.4) is 0 Å². The minimum Gasteiger partial charge on any atom is -1.00 e. The Kier molecular flexibility index (Phi) is 19.1. The van der Waals surface area contributed by atoms with Gasteiger partial charge in [0.25, 0.3) is 0 Å². The third-order valence-corrected chi connectivity index (χ3v) is 2.85. The van der Waals surface area contributed by atoms with Gasteiger partial charge in [0.15, 0.2) is 0 Å². The number of unbranched alkanes of at least 4 members (excludes halogenated alkanes) is 1. The van der Waals surface area contributed by atoms with E-state index in [0.717, 1.165) is 12.8 Å². The molecular formula is C16H22Cl2Zr. The second-order valence-electron chi connectivity index (χ2n) is 4.38. The molecule has 2 aliphatic carbocycles. The molecule has 0 fully saturated rings. The van der Waals surface area contributed by atoms with Crippen LogP contribution < -0.4 is 24.8 Å². The molecule has 0 bridgehead atoms. The molecule has 2 aliphatic rings. The molecule has 0 saturated carbocycles. The fraction of sp³-hybridized carbons (Fsp3) is 0.500. The monoisotopic (exact) mass is 374 g/mol. The summed E-state index contributed by atoms with van der Waals surface area (Å²) in [5, 5.41) is 0. The number of rotatable bonds is 3. The first-order valence-electron chi connectivity index (χ1n) is 6.24. The topological polar surface area (TPSA) is 0 Å². The van der Waals surface area contributed by atoms with Crippen molar-refractivity contribution in [3.05, 3.63) is 47.1 Å². The molecule has 0 aromatic carbocycles. The molecule has 0 N–H and O–H groups in total. The molecule has 0 radical (unpaired) electrons. The molecular weight excluding hydrogens is 354 g/mol. The fourth-order valence-corrected chi connectivity index (χ4v) is 1.73. The predicted molar refractivity (Wildman–Crippen MR) is 70.8 cm³/mol. The van der Waals surface area contributed by atoms with E-state index >= 15 is 0 Å². The third kappa shape index (κ3) is 10.8. The van der Waals surface area contributed by atoms with Crippen molar-refractivity contribution >= 4 is 0 Å². The van der Waals surface area contributed by atoms with Gasteiger partial charge in [0.2, 0.25) is 0 Å². The van der Waals surface area contributed by atoms with Crippen molar-refractivity contribution in [2.75, 3.05) is 0 Å². The van der Waals surface area contributed by atoms with Crippen LogP contribution in [-0.4, -0.2) is 0 Å². The maximum atomic E-state index is 3.30. The van der Waals surface area contributed by atoms with Gasteiger partial charge in [-0.25, -0.2) is 22.8 Å². The minimum atomic E-state index is 0. The SMILES string of the molecule is CC1=[C-]CC=C1.CCCCC1=C(C)CC=[C-]1.[Cl-].[Cl-].[Zr+4]. The Balaban J connectivity index is -0.000000252. The van der Waals surface area contributed by atoms with Crippen LogP contribution >= 0.6 is 0 Å². The van der Waals surface area contributed by atoms with Gasteiger partial charge in [-0.2, -0.15) is 12.2 Å². The predicted octanol–water partition coefficient (Wildman–Crippen LogP) is -1.04. The van der Waals surface area contributed by atoms with Crippen LogP contribution in [0.25, 0.3) is 0 Å². The standard InChI is InChI=1S/C10H15.C6H7.2ClH.Zr/c1-3-4-7-10-8-5-6-9(10)2;1-6-4-2-3-5-6;;;/h5H,3-4,6-7H2,1-2H3;2,4H,3H2,1H3;2*1H;/q2*-1;;;+4/p-2. The quantitative estimate of drug-likeness (QED) is 0.552. The maximum Gasteiger partial charge on any atom is 4.00 e. The fourth-order valence-electron chi connectivity index (χ4n) is 1.73. The average molecular weight is 376 g/mol. The van der Waals surface area contributed by atoms with Gasteiger partial charge in [0.05, 0.1) is 0 Å². The van der Waals surface area contributed by atoms with Crippen molar-refractivity contribution in [3.63, 3.8) is 0 Å². The Morgan fingerprint density at radius 3 is 2.21 bits per heavy atom. The summed E-state index contributed by atoms with van der Waals surface area (Å²) >= 11 is 0. The summed E-state index contributed by atoms with van der Waals surface area (Å²) in [5.74, 6) is 0. The van der Waals surface area contributed by atoms with Gasteiger partial charge in [-0.3, -0.25) is 12.2 Å². The number of hydrogen-bond donors (Lipinski definition) is 0. The molecule has 0 unspecified atom stereocenters. The Bertz CT molecular complexity index is 336. The number of hydrogen-bond acceptors (Lipinski definition) is 0. The van der Waals surface area contributed by atoms with Crippen molar-refractivity contribution < 1.29 is 51.0 Å². The van der Waals surface area contributed by atoms with Crippen molar-refractivity contribution in [3.8, 4) is 0 Å². The second-order valence-corrected chi connectivity index (χ2v) is 4.38. The molecule has 104 valence electrons. The minimum absolute atomic E-state index is 0. The smallest absolute Gasteiger partial charge is 1.00 e. The van der Waals surface area contributed by atoms with Crippen molar-refractivity contribution in [2.45, 2.75) is 52.9 Å². The van der Waals surface area contributed by atoms with E-state index in [9.17, 15) is 0 Å². The van der Waals surface area contributed by atoms with Gasteiger partial charge >= 0.3 is 26.2 Å². The van der Waals surface area contributed by atoms with E-state index < -0.39 is 0 Å². The van der Waals surface area contributed by atoms with Crippen molar-refractivity contribution in [1.29, 1.82) is 0 Å². The average Bonchev–Trinajstić information content (AvgIpc) is 2.88. The van der Waals surface area contributed by atoms with E-state index in [1.807, 2.05) is 0 Å². The van der Waals surface area contributed by atoms with Gasteiger partial charge in [-0.15, -0.1) is 13.3 Å². The first-order chi connectivity index (χ1) is 7.74. The number of allylic oxidation sites excluding steroid dienone is 8. The zero-order valence-corrected chi connectivity index (χ0v) is 16.0. The van der Waals surface area contributed by atoms with E-state index in [1.54, 1.807) is 0 Å². The van der Waals surface area contributed by atoms with Crippen LogP contribution in [0, 0.1) is 12.2 Å². The summed E-state index contributed by atoms with van der Waals surface area (Å²) in [6, 6.07) is 0. The van der Waals surface area contributed by atoms with Crippen LogP contribution in [0.1, 0.15) is 52.9 Å². The van der Waals surface area contributed by atoms with Gasteiger partial charge in [0.1, 0.15) is 0 Å². The molecule has 0 aromatic heterocycles. The summed E-state index contributed by atoms with van der Waals surface area (Å²) in [4.78, 5) is 0. The first kappa shape index (κ1) is 24.4. The van der Waals surface area contributed by atoms with E-state index in [2.05, 4.69) is 51.2 Å². The van der Waals surface area contributed by atoms with E-state index in [0.29, 0.717) is 0 Å². The molecule has 0 spiro atoms. The molecule has 3 heteroatoms. The Hall–Kier alpha value is 0.423. The van der Waals surface area contributed by atoms with E-state index in [-0.39, 0.29) is 51.0 Å². The second kappa shape index (κ2) is 14.8. The van der Waals surface area contributed by atoms with E-state index in [1.165, 1.54) is 36.0 Å². The van der Waals surface area contributed by atoms with Crippen molar-refractivity contribution in [1.82, 2.24) is 0 Å².